The summed E-state index contributed by atoms with van der Waals surface area (Å²) in [4.78, 5) is 0. The molecule has 0 amide bonds. The number of halogens is 3. The van der Waals surface area contributed by atoms with Gasteiger partial charge in [0.05, 0.1) is 10.6 Å². The molecule has 1 atom stereocenters. The van der Waals surface area contributed by atoms with Crippen LogP contribution in [-0.2, 0) is 5.79 Å². The molecule has 25 heavy (non-hydrogen) atoms. The first-order chi connectivity index (χ1) is 12.0. The van der Waals surface area contributed by atoms with Crippen LogP contribution in [0.2, 0.25) is 5.02 Å². The highest BCUT2D eigenvalue weighted by Gasteiger charge is 2.42. The second-order valence-electron chi connectivity index (χ2n) is 6.63. The monoisotopic (exact) mass is 381 g/mol. The standard InChI is InChI=1S/C19H18Cl2FNO2/c1-19(15-6-5-13(22)11-16(15)20)24-17-4-2-3-14(18(17)25-19)12-7-9-23(21)10-8-12/h2-6,11-12H,7-10H2,1H3. The number of nitrogens with zero attached hydrogens (tertiary/aromatic N) is 1. The molecular formula is C19H18Cl2FNO2. The van der Waals surface area contributed by atoms with E-state index in [2.05, 4.69) is 6.07 Å². The largest absolute Gasteiger partial charge is 0.444 e. The number of rotatable bonds is 2. The van der Waals surface area contributed by atoms with Gasteiger partial charge in [-0.1, -0.05) is 23.7 Å². The van der Waals surface area contributed by atoms with Gasteiger partial charge in [0, 0.05) is 25.6 Å². The smallest absolute Gasteiger partial charge is 0.276 e. The normalized spacial score (nSPS) is 23.8. The Morgan fingerprint density at radius 2 is 1.92 bits per heavy atom. The molecule has 2 heterocycles. The van der Waals surface area contributed by atoms with Gasteiger partial charge in [-0.25, -0.2) is 8.81 Å². The van der Waals surface area contributed by atoms with Gasteiger partial charge in [0.25, 0.3) is 5.79 Å². The summed E-state index contributed by atoms with van der Waals surface area (Å²) in [6, 6.07) is 10.2. The molecule has 2 aliphatic heterocycles. The molecule has 1 unspecified atom stereocenters. The number of hydrogen-bond acceptors (Lipinski definition) is 3. The van der Waals surface area contributed by atoms with Crippen molar-refractivity contribution in [3.05, 3.63) is 58.4 Å². The molecule has 0 spiro atoms. The van der Waals surface area contributed by atoms with Crippen molar-refractivity contribution in [1.29, 1.82) is 0 Å². The van der Waals surface area contributed by atoms with E-state index in [-0.39, 0.29) is 10.8 Å². The number of fused-ring (bicyclic) bond motifs is 1. The number of hydrogen-bond donors (Lipinski definition) is 0. The van der Waals surface area contributed by atoms with Gasteiger partial charge >= 0.3 is 0 Å². The van der Waals surface area contributed by atoms with Crippen molar-refractivity contribution in [3.63, 3.8) is 0 Å². The van der Waals surface area contributed by atoms with E-state index in [1.807, 2.05) is 16.6 Å². The molecule has 0 bridgehead atoms. The van der Waals surface area contributed by atoms with Crippen molar-refractivity contribution in [2.24, 2.45) is 0 Å². The Morgan fingerprint density at radius 3 is 2.64 bits per heavy atom. The maximum absolute atomic E-state index is 13.4. The minimum atomic E-state index is -1.07. The maximum atomic E-state index is 13.4. The van der Waals surface area contributed by atoms with Crippen molar-refractivity contribution < 1.29 is 13.9 Å². The Bertz CT molecular complexity index is 808. The van der Waals surface area contributed by atoms with Crippen LogP contribution in [-0.4, -0.2) is 17.5 Å². The van der Waals surface area contributed by atoms with E-state index in [1.165, 1.54) is 12.1 Å². The SMILES string of the molecule is CC1(c2ccc(F)cc2Cl)Oc2cccc(C3CCN(Cl)CC3)c2O1. The summed E-state index contributed by atoms with van der Waals surface area (Å²) >= 11 is 12.3. The van der Waals surface area contributed by atoms with Crippen LogP contribution >= 0.6 is 23.4 Å². The molecule has 2 aromatic carbocycles. The first-order valence-corrected chi connectivity index (χ1v) is 9.05. The third kappa shape index (κ3) is 3.07. The highest BCUT2D eigenvalue weighted by atomic mass is 35.5. The van der Waals surface area contributed by atoms with E-state index < -0.39 is 5.79 Å². The van der Waals surface area contributed by atoms with Gasteiger partial charge in [0.15, 0.2) is 11.5 Å². The number of piperidine rings is 1. The molecule has 3 nitrogen and oxygen atoms in total. The summed E-state index contributed by atoms with van der Waals surface area (Å²) in [5.41, 5.74) is 1.73. The van der Waals surface area contributed by atoms with Crippen molar-refractivity contribution in [2.45, 2.75) is 31.5 Å². The van der Waals surface area contributed by atoms with Crippen molar-refractivity contribution in [2.75, 3.05) is 13.1 Å². The predicted molar refractivity (Wildman–Crippen MR) is 95.9 cm³/mol. The summed E-state index contributed by atoms with van der Waals surface area (Å²) in [6.07, 6.45) is 1.94. The summed E-state index contributed by atoms with van der Waals surface area (Å²) in [6.45, 7) is 3.49. The fourth-order valence-electron chi connectivity index (χ4n) is 3.60. The Hall–Kier alpha value is -1.49. The van der Waals surface area contributed by atoms with Gasteiger partial charge in [-0.05, 0) is 54.8 Å². The quantitative estimate of drug-likeness (QED) is 0.644. The fourth-order valence-corrected chi connectivity index (χ4v) is 4.13. The van der Waals surface area contributed by atoms with E-state index in [0.29, 0.717) is 17.2 Å². The van der Waals surface area contributed by atoms with Gasteiger partial charge in [0.1, 0.15) is 5.82 Å². The van der Waals surface area contributed by atoms with Crippen LogP contribution in [0.15, 0.2) is 36.4 Å². The van der Waals surface area contributed by atoms with Gasteiger partial charge in [-0.2, -0.15) is 0 Å². The average Bonchev–Trinajstić information content (AvgIpc) is 2.92. The Kier molecular flexibility index (Phi) is 4.30. The minimum absolute atomic E-state index is 0.285. The van der Waals surface area contributed by atoms with E-state index in [9.17, 15) is 4.39 Å². The molecule has 4 rings (SSSR count). The second-order valence-corrected chi connectivity index (χ2v) is 7.52. The van der Waals surface area contributed by atoms with Crippen LogP contribution in [0.1, 0.15) is 36.8 Å². The van der Waals surface area contributed by atoms with Crippen LogP contribution in [0.25, 0.3) is 0 Å². The molecular weight excluding hydrogens is 364 g/mol. The maximum Gasteiger partial charge on any atom is 0.276 e. The molecule has 0 aliphatic carbocycles. The lowest BCUT2D eigenvalue weighted by molar-refractivity contribution is -0.0684. The first-order valence-electron chi connectivity index (χ1n) is 8.33. The summed E-state index contributed by atoms with van der Waals surface area (Å²) in [5.74, 6) is 0.351. The fraction of sp³-hybridized carbons (Fsp3) is 0.368. The van der Waals surface area contributed by atoms with Crippen molar-refractivity contribution >= 4 is 23.4 Å². The molecule has 6 heteroatoms. The lowest BCUT2D eigenvalue weighted by atomic mass is 9.89. The zero-order chi connectivity index (χ0) is 17.6. The molecule has 2 aromatic rings. The summed E-state index contributed by atoms with van der Waals surface area (Å²) in [5, 5.41) is 0.285. The van der Waals surface area contributed by atoms with Gasteiger partial charge in [-0.3, -0.25) is 0 Å². The Morgan fingerprint density at radius 1 is 1.16 bits per heavy atom. The van der Waals surface area contributed by atoms with Gasteiger partial charge < -0.3 is 9.47 Å². The average molecular weight is 382 g/mol. The third-order valence-electron chi connectivity index (χ3n) is 4.91. The second kappa shape index (κ2) is 6.35. The molecule has 0 saturated carbocycles. The lowest BCUT2D eigenvalue weighted by Gasteiger charge is -2.28. The van der Waals surface area contributed by atoms with E-state index in [0.717, 1.165) is 37.2 Å². The molecule has 0 N–H and O–H groups in total. The molecule has 132 valence electrons. The molecule has 2 aliphatic rings. The molecule has 1 fully saturated rings. The van der Waals surface area contributed by atoms with Crippen LogP contribution in [0.4, 0.5) is 4.39 Å². The van der Waals surface area contributed by atoms with E-state index in [4.69, 9.17) is 32.9 Å². The van der Waals surface area contributed by atoms with Crippen LogP contribution in [0.5, 0.6) is 11.5 Å². The van der Waals surface area contributed by atoms with Crippen LogP contribution < -0.4 is 9.47 Å². The predicted octanol–water partition coefficient (Wildman–Crippen LogP) is 5.46. The number of benzene rings is 2. The zero-order valence-corrected chi connectivity index (χ0v) is 15.3. The van der Waals surface area contributed by atoms with Crippen LogP contribution in [0.3, 0.4) is 0 Å². The van der Waals surface area contributed by atoms with Gasteiger partial charge in [-0.15, -0.1) is 0 Å². The van der Waals surface area contributed by atoms with E-state index in [1.54, 1.807) is 13.0 Å². The van der Waals surface area contributed by atoms with Crippen molar-refractivity contribution in [3.8, 4) is 11.5 Å². The Balaban J connectivity index is 1.67. The highest BCUT2D eigenvalue weighted by Crippen LogP contribution is 2.50. The minimum Gasteiger partial charge on any atom is -0.444 e. The number of para-hydroxylation sites is 1. The summed E-state index contributed by atoms with van der Waals surface area (Å²) in [7, 11) is 0. The summed E-state index contributed by atoms with van der Waals surface area (Å²) < 4.78 is 27.5. The lowest BCUT2D eigenvalue weighted by Crippen LogP contribution is -2.32. The molecule has 1 saturated heterocycles. The first kappa shape index (κ1) is 17.0. The Labute approximate surface area is 156 Å². The van der Waals surface area contributed by atoms with Crippen molar-refractivity contribution in [1.82, 2.24) is 4.42 Å². The van der Waals surface area contributed by atoms with Gasteiger partial charge in [0.2, 0.25) is 0 Å². The topological polar surface area (TPSA) is 21.7 Å². The number of ether oxygens (including phenoxy) is 2. The highest BCUT2D eigenvalue weighted by molar-refractivity contribution is 6.31. The van der Waals surface area contributed by atoms with E-state index >= 15 is 0 Å². The zero-order valence-electron chi connectivity index (χ0n) is 13.8. The molecule has 0 aromatic heterocycles. The third-order valence-corrected chi connectivity index (χ3v) is 5.56. The molecule has 0 radical (unpaired) electrons. The van der Waals surface area contributed by atoms with Crippen LogP contribution in [0, 0.1) is 5.82 Å².